The number of rotatable bonds is 3. The van der Waals surface area contributed by atoms with Crippen molar-refractivity contribution in [3.63, 3.8) is 0 Å². The molecule has 2 heterocycles. The third-order valence-electron chi connectivity index (χ3n) is 4.50. The fraction of sp³-hybridized carbons (Fsp3) is 0.412. The molecule has 0 aromatic heterocycles. The number of amidine groups is 1. The number of hydrogen-bond donors (Lipinski definition) is 1. The van der Waals surface area contributed by atoms with Gasteiger partial charge in [0.2, 0.25) is 5.91 Å². The van der Waals surface area contributed by atoms with Gasteiger partial charge in [0, 0.05) is 18.3 Å². The van der Waals surface area contributed by atoms with Crippen molar-refractivity contribution >= 4 is 22.8 Å². The topological polar surface area (TPSA) is 44.7 Å². The third kappa shape index (κ3) is 2.65. The van der Waals surface area contributed by atoms with Crippen LogP contribution in [-0.4, -0.2) is 35.1 Å². The smallest absolute Gasteiger partial charge is 0.226 e. The van der Waals surface area contributed by atoms with Crippen LogP contribution in [-0.2, 0) is 17.6 Å². The van der Waals surface area contributed by atoms with E-state index in [1.165, 1.54) is 11.1 Å². The molecule has 0 saturated heterocycles. The summed E-state index contributed by atoms with van der Waals surface area (Å²) in [6.07, 6.45) is 3.51. The van der Waals surface area contributed by atoms with Gasteiger partial charge in [-0.25, -0.2) is 0 Å². The molecule has 1 aromatic rings. The van der Waals surface area contributed by atoms with Crippen molar-refractivity contribution in [2.24, 2.45) is 4.99 Å². The molecular formula is C17H19N3OS. The molecule has 1 N–H and O–H groups in total. The minimum absolute atomic E-state index is 0.129. The van der Waals surface area contributed by atoms with Crippen molar-refractivity contribution in [1.82, 2.24) is 10.2 Å². The zero-order valence-corrected chi connectivity index (χ0v) is 13.2. The highest BCUT2D eigenvalue weighted by Crippen LogP contribution is 2.30. The molecule has 4 rings (SSSR count). The van der Waals surface area contributed by atoms with Crippen molar-refractivity contribution in [2.75, 3.05) is 13.1 Å². The van der Waals surface area contributed by atoms with Gasteiger partial charge < -0.3 is 10.2 Å². The summed E-state index contributed by atoms with van der Waals surface area (Å²) in [7, 11) is 0. The number of nitrogens with zero attached hydrogens (tertiary/aromatic N) is 2. The molecule has 1 aliphatic carbocycles. The lowest BCUT2D eigenvalue weighted by molar-refractivity contribution is -0.121. The molecule has 4 nitrogen and oxygen atoms in total. The van der Waals surface area contributed by atoms with Gasteiger partial charge in [0.1, 0.15) is 0 Å². The minimum atomic E-state index is 0.129. The summed E-state index contributed by atoms with van der Waals surface area (Å²) in [5, 5.41) is 6.32. The summed E-state index contributed by atoms with van der Waals surface area (Å²) in [4.78, 5) is 18.9. The molecule has 0 saturated carbocycles. The van der Waals surface area contributed by atoms with Gasteiger partial charge in [0.25, 0.3) is 0 Å². The predicted molar refractivity (Wildman–Crippen MR) is 89.7 cm³/mol. The lowest BCUT2D eigenvalue weighted by Crippen LogP contribution is -2.39. The fourth-order valence-electron chi connectivity index (χ4n) is 3.38. The Morgan fingerprint density at radius 3 is 3.14 bits per heavy atom. The SMILES string of the molecule is O=C(CC1=CSC2=NCCN12)NC1CCc2ccccc2C1. The van der Waals surface area contributed by atoms with Crippen LogP contribution in [0.1, 0.15) is 24.0 Å². The van der Waals surface area contributed by atoms with Crippen LogP contribution < -0.4 is 5.32 Å². The first-order chi connectivity index (χ1) is 10.8. The lowest BCUT2D eigenvalue weighted by atomic mass is 9.88. The number of thioether (sulfide) groups is 1. The molecule has 1 unspecified atom stereocenters. The Labute approximate surface area is 134 Å². The molecule has 1 aromatic carbocycles. The highest BCUT2D eigenvalue weighted by Gasteiger charge is 2.28. The standard InChI is InChI=1S/C17H19N3OS/c21-16(10-15-11-22-17-18-7-8-20(15)17)19-14-6-5-12-3-1-2-4-13(12)9-14/h1-4,11,14H,5-10H2,(H,19,21). The van der Waals surface area contributed by atoms with Crippen LogP contribution in [0.25, 0.3) is 0 Å². The van der Waals surface area contributed by atoms with E-state index >= 15 is 0 Å². The van der Waals surface area contributed by atoms with Gasteiger partial charge in [-0.15, -0.1) is 0 Å². The van der Waals surface area contributed by atoms with Crippen LogP contribution in [0.15, 0.2) is 40.4 Å². The lowest BCUT2D eigenvalue weighted by Gasteiger charge is -2.26. The van der Waals surface area contributed by atoms with E-state index in [2.05, 4.69) is 44.9 Å². The molecule has 5 heteroatoms. The number of aliphatic imine (C=N–C) groups is 1. The number of nitrogens with one attached hydrogen (secondary N) is 1. The van der Waals surface area contributed by atoms with Crippen molar-refractivity contribution in [3.8, 4) is 0 Å². The van der Waals surface area contributed by atoms with Gasteiger partial charge in [-0.05, 0) is 35.8 Å². The number of benzene rings is 1. The molecule has 3 aliphatic rings. The van der Waals surface area contributed by atoms with Crippen molar-refractivity contribution in [1.29, 1.82) is 0 Å². The number of amides is 1. The first kappa shape index (κ1) is 13.9. The summed E-state index contributed by atoms with van der Waals surface area (Å²) in [5.74, 6) is 0.129. The molecule has 114 valence electrons. The summed E-state index contributed by atoms with van der Waals surface area (Å²) < 4.78 is 0. The Bertz CT molecular complexity index is 668. The van der Waals surface area contributed by atoms with Crippen LogP contribution in [0.3, 0.4) is 0 Å². The Morgan fingerprint density at radius 2 is 2.23 bits per heavy atom. The van der Waals surface area contributed by atoms with Crippen molar-refractivity contribution < 1.29 is 4.79 Å². The Kier molecular flexibility index (Phi) is 3.66. The fourth-order valence-corrected chi connectivity index (χ4v) is 4.33. The van der Waals surface area contributed by atoms with Crippen LogP contribution in [0, 0.1) is 0 Å². The summed E-state index contributed by atoms with van der Waals surface area (Å²) in [6.45, 7) is 1.76. The van der Waals surface area contributed by atoms with Crippen molar-refractivity contribution in [3.05, 3.63) is 46.5 Å². The average molecular weight is 313 g/mol. The zero-order valence-electron chi connectivity index (χ0n) is 12.4. The molecule has 1 atom stereocenters. The van der Waals surface area contributed by atoms with Gasteiger partial charge in [0.15, 0.2) is 5.17 Å². The van der Waals surface area contributed by atoms with Crippen LogP contribution in [0.2, 0.25) is 0 Å². The second-order valence-corrected chi connectivity index (χ2v) is 6.83. The highest BCUT2D eigenvalue weighted by atomic mass is 32.2. The van der Waals surface area contributed by atoms with E-state index in [0.717, 1.165) is 43.2 Å². The van der Waals surface area contributed by atoms with E-state index in [9.17, 15) is 4.79 Å². The molecular weight excluding hydrogens is 294 g/mol. The van der Waals surface area contributed by atoms with Crippen LogP contribution >= 0.6 is 11.8 Å². The highest BCUT2D eigenvalue weighted by molar-refractivity contribution is 8.16. The van der Waals surface area contributed by atoms with Gasteiger partial charge in [0.05, 0.1) is 13.0 Å². The predicted octanol–water partition coefficient (Wildman–Crippen LogP) is 2.31. The molecule has 0 spiro atoms. The second-order valence-electron chi connectivity index (χ2n) is 6.00. The first-order valence-electron chi connectivity index (χ1n) is 7.83. The Hall–Kier alpha value is -1.75. The zero-order chi connectivity index (χ0) is 14.9. The van der Waals surface area contributed by atoms with Gasteiger partial charge in [-0.3, -0.25) is 9.79 Å². The quantitative estimate of drug-likeness (QED) is 0.931. The summed E-state index contributed by atoms with van der Waals surface area (Å²) >= 11 is 1.63. The molecule has 0 radical (unpaired) electrons. The number of aryl methyl sites for hydroxylation is 1. The van der Waals surface area contributed by atoms with Gasteiger partial charge in [-0.2, -0.15) is 0 Å². The molecule has 2 aliphatic heterocycles. The first-order valence-corrected chi connectivity index (χ1v) is 8.71. The maximum Gasteiger partial charge on any atom is 0.226 e. The molecule has 1 amide bonds. The van der Waals surface area contributed by atoms with Crippen LogP contribution in [0.4, 0.5) is 0 Å². The van der Waals surface area contributed by atoms with Crippen molar-refractivity contribution in [2.45, 2.75) is 31.7 Å². The minimum Gasteiger partial charge on any atom is -0.353 e. The van der Waals surface area contributed by atoms with E-state index in [-0.39, 0.29) is 11.9 Å². The summed E-state index contributed by atoms with van der Waals surface area (Å²) in [6, 6.07) is 8.82. The van der Waals surface area contributed by atoms with Gasteiger partial charge in [-0.1, -0.05) is 36.0 Å². The van der Waals surface area contributed by atoms with E-state index in [1.807, 2.05) is 0 Å². The Balaban J connectivity index is 1.35. The number of fused-ring (bicyclic) bond motifs is 2. The van der Waals surface area contributed by atoms with E-state index in [4.69, 9.17) is 0 Å². The maximum atomic E-state index is 12.3. The third-order valence-corrected chi connectivity index (χ3v) is 5.45. The molecule has 0 bridgehead atoms. The van der Waals surface area contributed by atoms with E-state index in [1.54, 1.807) is 11.8 Å². The number of hydrogen-bond acceptors (Lipinski definition) is 4. The number of carbonyl (C=O) groups is 1. The molecule has 22 heavy (non-hydrogen) atoms. The maximum absolute atomic E-state index is 12.3. The number of carbonyl (C=O) groups excluding carboxylic acids is 1. The van der Waals surface area contributed by atoms with Gasteiger partial charge >= 0.3 is 0 Å². The van der Waals surface area contributed by atoms with Crippen LogP contribution in [0.5, 0.6) is 0 Å². The second kappa shape index (κ2) is 5.80. The largest absolute Gasteiger partial charge is 0.353 e. The van der Waals surface area contributed by atoms with E-state index in [0.29, 0.717) is 6.42 Å². The monoisotopic (exact) mass is 313 g/mol. The normalized spacial score (nSPS) is 22.7. The molecule has 0 fully saturated rings. The average Bonchev–Trinajstić information content (AvgIpc) is 3.12. The van der Waals surface area contributed by atoms with E-state index < -0.39 is 0 Å². The summed E-state index contributed by atoms with van der Waals surface area (Å²) in [5.41, 5.74) is 3.90. The Morgan fingerprint density at radius 1 is 1.36 bits per heavy atom.